The van der Waals surface area contributed by atoms with E-state index in [1.165, 1.54) is 12.5 Å². The van der Waals surface area contributed by atoms with Crippen molar-refractivity contribution in [2.45, 2.75) is 122 Å². The van der Waals surface area contributed by atoms with Crippen LogP contribution < -0.4 is 10.1 Å². The summed E-state index contributed by atoms with van der Waals surface area (Å²) in [6, 6.07) is 5.10. The van der Waals surface area contributed by atoms with Crippen molar-refractivity contribution in [2.24, 2.45) is 5.92 Å². The van der Waals surface area contributed by atoms with Crippen LogP contribution in [0.2, 0.25) is 0 Å². The van der Waals surface area contributed by atoms with Gasteiger partial charge in [0.05, 0.1) is 12.3 Å². The number of nitrogens with one attached hydrogen (secondary N) is 1. The van der Waals surface area contributed by atoms with Crippen molar-refractivity contribution in [2.75, 3.05) is 6.61 Å². The Labute approximate surface area is 278 Å². The van der Waals surface area contributed by atoms with Gasteiger partial charge in [0, 0.05) is 19.3 Å². The number of allylic oxidation sites excluding steroid dienone is 2. The molecule has 0 heterocycles. The summed E-state index contributed by atoms with van der Waals surface area (Å²) < 4.78 is 5.60. The number of unbranched alkanes of at least 4 members (excludes halogenated alkanes) is 8. The smallest absolute Gasteiger partial charge is 0.337 e. The van der Waals surface area contributed by atoms with Crippen LogP contribution in [0.3, 0.4) is 0 Å². The van der Waals surface area contributed by atoms with Crippen molar-refractivity contribution in [1.29, 1.82) is 0 Å². The van der Waals surface area contributed by atoms with Gasteiger partial charge in [-0.05, 0) is 63.3 Å². The van der Waals surface area contributed by atoms with Crippen LogP contribution in [0.1, 0.15) is 110 Å². The molecule has 3 unspecified atom stereocenters. The molecule has 5 N–H and O–H groups in total. The molecule has 0 fully saturated rings. The molecule has 0 saturated carbocycles. The minimum absolute atomic E-state index is 0.155. The highest BCUT2D eigenvalue weighted by atomic mass is 16.5. The molecule has 0 aromatic heterocycles. The van der Waals surface area contributed by atoms with Crippen LogP contribution in [0.15, 0.2) is 48.1 Å². The van der Waals surface area contributed by atoms with E-state index < -0.39 is 47.8 Å². The van der Waals surface area contributed by atoms with E-state index in [1.54, 1.807) is 24.3 Å². The van der Waals surface area contributed by atoms with Crippen LogP contribution >= 0.6 is 0 Å². The number of hydrogen-bond acceptors (Lipinski definition) is 7. The van der Waals surface area contributed by atoms with Crippen molar-refractivity contribution in [3.63, 3.8) is 0 Å². The Morgan fingerprint density at radius 1 is 0.872 bits per heavy atom. The Morgan fingerprint density at radius 3 is 2.00 bits per heavy atom. The number of rotatable bonds is 26. The second-order valence-electron chi connectivity index (χ2n) is 12.2. The van der Waals surface area contributed by atoms with Crippen molar-refractivity contribution in [3.8, 4) is 5.75 Å². The van der Waals surface area contributed by atoms with E-state index in [4.69, 9.17) is 4.74 Å². The standard InChI is InChI=1S/C36H53NO10/c1-4-5-6-9-12-15-28(38)16-13-10-7-8-11-14-17-30(36(46,35(44)45)25-32(39)40)33(41)37-31(34(42)43)24-27-18-20-29(21-19-27)47-23-22-26(2)3/h14,17-22,30-31,46H,4-13,15-16,23-25H2,1-3H3,(H,37,41)(H,39,40)(H,42,43)(H,44,45)/b17-14+. The normalized spacial score (nSPS) is 13.7. The fourth-order valence-electron chi connectivity index (χ4n) is 4.96. The molecule has 0 aliphatic rings. The third-order valence-electron chi connectivity index (χ3n) is 7.77. The lowest BCUT2D eigenvalue weighted by atomic mass is 9.82. The van der Waals surface area contributed by atoms with Crippen LogP contribution in [0.5, 0.6) is 5.75 Å². The van der Waals surface area contributed by atoms with Crippen molar-refractivity contribution in [3.05, 3.63) is 53.6 Å². The first kappa shape index (κ1) is 41.0. The van der Waals surface area contributed by atoms with E-state index >= 15 is 0 Å². The van der Waals surface area contributed by atoms with Crippen LogP contribution in [0, 0.1) is 5.92 Å². The minimum Gasteiger partial charge on any atom is -0.490 e. The molecular formula is C36H53NO10. The number of Topliss-reactive ketones (excluding diaryl/α,β-unsaturated/α-hetero) is 1. The first-order valence-corrected chi connectivity index (χ1v) is 16.5. The summed E-state index contributed by atoms with van der Waals surface area (Å²) in [5.74, 6) is -7.13. The number of carboxylic acid groups (broad SMARTS) is 3. The highest BCUT2D eigenvalue weighted by Gasteiger charge is 2.49. The Morgan fingerprint density at radius 2 is 1.47 bits per heavy atom. The monoisotopic (exact) mass is 659 g/mol. The second kappa shape index (κ2) is 22.5. The van der Waals surface area contributed by atoms with E-state index in [-0.39, 0.29) is 12.2 Å². The molecule has 0 radical (unpaired) electrons. The molecule has 1 aromatic carbocycles. The number of carbonyl (C=O) groups is 5. The van der Waals surface area contributed by atoms with Crippen LogP contribution in [-0.2, 0) is 30.4 Å². The number of amides is 1. The SMILES string of the molecule is CCCCCCCC(=O)CCCCCC/C=C/C(C(=O)NC(Cc1ccc(OCC=C(C)C)cc1)C(=O)O)C(O)(CC(=O)O)C(=O)O. The lowest BCUT2D eigenvalue weighted by Gasteiger charge is -2.29. The van der Waals surface area contributed by atoms with Gasteiger partial charge >= 0.3 is 17.9 Å². The van der Waals surface area contributed by atoms with Crippen LogP contribution in [-0.4, -0.2) is 68.3 Å². The van der Waals surface area contributed by atoms with E-state index in [2.05, 4.69) is 12.2 Å². The maximum atomic E-state index is 13.3. The number of ether oxygens (including phenoxy) is 1. The maximum Gasteiger partial charge on any atom is 0.337 e. The number of benzene rings is 1. The van der Waals surface area contributed by atoms with Gasteiger partial charge in [-0.25, -0.2) is 9.59 Å². The van der Waals surface area contributed by atoms with Gasteiger partial charge in [0.2, 0.25) is 5.91 Å². The minimum atomic E-state index is -3.02. The summed E-state index contributed by atoms with van der Waals surface area (Å²) in [5.41, 5.74) is -1.38. The molecule has 1 rings (SSSR count). The first-order valence-electron chi connectivity index (χ1n) is 16.5. The Balaban J connectivity index is 2.84. The quantitative estimate of drug-likeness (QED) is 0.0594. The Bertz CT molecular complexity index is 1200. The summed E-state index contributed by atoms with van der Waals surface area (Å²) in [7, 11) is 0. The van der Waals surface area contributed by atoms with Crippen molar-refractivity contribution < 1.29 is 49.1 Å². The molecular weight excluding hydrogens is 606 g/mol. The zero-order valence-electron chi connectivity index (χ0n) is 28.0. The molecule has 0 aliphatic carbocycles. The lowest BCUT2D eigenvalue weighted by Crippen LogP contribution is -2.55. The average Bonchev–Trinajstić information content (AvgIpc) is 2.99. The maximum absolute atomic E-state index is 13.3. The number of ketones is 1. The Hall–Kier alpha value is -3.99. The van der Waals surface area contributed by atoms with Crippen molar-refractivity contribution in [1.82, 2.24) is 5.32 Å². The zero-order chi connectivity index (χ0) is 35.2. The van der Waals surface area contributed by atoms with Gasteiger partial charge < -0.3 is 30.5 Å². The topological polar surface area (TPSA) is 188 Å². The lowest BCUT2D eigenvalue weighted by molar-refractivity contribution is -0.172. The molecule has 3 atom stereocenters. The first-order chi connectivity index (χ1) is 22.3. The van der Waals surface area contributed by atoms with Crippen LogP contribution in [0.25, 0.3) is 0 Å². The van der Waals surface area contributed by atoms with Crippen molar-refractivity contribution >= 4 is 29.6 Å². The average molecular weight is 660 g/mol. The van der Waals surface area contributed by atoms with Gasteiger partial charge in [-0.3, -0.25) is 14.4 Å². The number of hydrogen-bond donors (Lipinski definition) is 5. The molecule has 0 spiro atoms. The molecule has 0 saturated heterocycles. The molecule has 11 heteroatoms. The summed E-state index contributed by atoms with van der Waals surface area (Å²) in [6.07, 6.45) is 13.2. The third-order valence-corrected chi connectivity index (χ3v) is 7.77. The highest BCUT2D eigenvalue weighted by molar-refractivity contribution is 5.94. The molecule has 1 amide bonds. The predicted octanol–water partition coefficient (Wildman–Crippen LogP) is 5.88. The number of aliphatic hydroxyl groups is 1. The number of carbonyl (C=O) groups excluding carboxylic acids is 2. The fourth-order valence-corrected chi connectivity index (χ4v) is 4.96. The molecule has 0 aliphatic heterocycles. The van der Waals surface area contributed by atoms with E-state index in [1.807, 2.05) is 19.9 Å². The van der Waals surface area contributed by atoms with Gasteiger partial charge in [-0.2, -0.15) is 0 Å². The van der Waals surface area contributed by atoms with Gasteiger partial charge in [-0.15, -0.1) is 0 Å². The number of aliphatic carboxylic acids is 3. The van der Waals surface area contributed by atoms with Gasteiger partial charge in [0.1, 0.15) is 24.2 Å². The molecule has 262 valence electrons. The third kappa shape index (κ3) is 16.9. The predicted molar refractivity (Wildman–Crippen MR) is 178 cm³/mol. The largest absolute Gasteiger partial charge is 0.490 e. The molecule has 0 bridgehead atoms. The van der Waals surface area contributed by atoms with Gasteiger partial charge in [0.15, 0.2) is 5.60 Å². The summed E-state index contributed by atoms with van der Waals surface area (Å²) in [5, 5.41) is 42.1. The highest BCUT2D eigenvalue weighted by Crippen LogP contribution is 2.26. The molecule has 1 aromatic rings. The summed E-state index contributed by atoms with van der Waals surface area (Å²) in [4.78, 5) is 60.9. The zero-order valence-corrected chi connectivity index (χ0v) is 28.0. The van der Waals surface area contributed by atoms with E-state index in [9.17, 15) is 44.4 Å². The molecule has 47 heavy (non-hydrogen) atoms. The molecule has 11 nitrogen and oxygen atoms in total. The van der Waals surface area contributed by atoms with Crippen LogP contribution in [0.4, 0.5) is 0 Å². The summed E-state index contributed by atoms with van der Waals surface area (Å²) >= 11 is 0. The van der Waals surface area contributed by atoms with Gasteiger partial charge in [0.25, 0.3) is 0 Å². The van der Waals surface area contributed by atoms with E-state index in [0.29, 0.717) is 43.6 Å². The van der Waals surface area contributed by atoms with Gasteiger partial charge in [-0.1, -0.05) is 75.3 Å². The fraction of sp³-hybridized carbons (Fsp3) is 0.583. The Kier molecular flexibility index (Phi) is 19.7. The number of carboxylic acids is 3. The summed E-state index contributed by atoms with van der Waals surface area (Å²) in [6.45, 7) is 6.40. The van der Waals surface area contributed by atoms with E-state index in [0.717, 1.165) is 56.6 Å². The second-order valence-corrected chi connectivity index (χ2v) is 12.2.